The van der Waals surface area contributed by atoms with Crippen molar-refractivity contribution in [1.82, 2.24) is 0 Å². The molecule has 1 atom stereocenters. The summed E-state index contributed by atoms with van der Waals surface area (Å²) in [7, 11) is 0. The smallest absolute Gasteiger partial charge is 0.0628 e. The Labute approximate surface area is 62.4 Å². The molecule has 1 aliphatic carbocycles. The van der Waals surface area contributed by atoms with Gasteiger partial charge in [-0.05, 0) is 32.6 Å². The molecular weight excluding hydrogens is 122 g/mol. The Morgan fingerprint density at radius 3 is 2.70 bits per heavy atom. The molecule has 1 rings (SSSR count). The van der Waals surface area contributed by atoms with Gasteiger partial charge >= 0.3 is 0 Å². The molecule has 0 amide bonds. The SMILES string of the molecule is CC1=C(C)C(CC#N)CC1. The molecule has 0 heterocycles. The van der Waals surface area contributed by atoms with Gasteiger partial charge in [0.05, 0.1) is 6.07 Å². The molecule has 10 heavy (non-hydrogen) atoms. The zero-order valence-electron chi connectivity index (χ0n) is 6.65. The van der Waals surface area contributed by atoms with Crippen LogP contribution in [0.5, 0.6) is 0 Å². The third kappa shape index (κ3) is 1.21. The number of hydrogen-bond acceptors (Lipinski definition) is 1. The summed E-state index contributed by atoms with van der Waals surface area (Å²) >= 11 is 0. The zero-order valence-corrected chi connectivity index (χ0v) is 6.65. The predicted molar refractivity (Wildman–Crippen MR) is 41.3 cm³/mol. The normalized spacial score (nSPS) is 25.1. The van der Waals surface area contributed by atoms with Crippen molar-refractivity contribution in [3.8, 4) is 6.07 Å². The largest absolute Gasteiger partial charge is 0.198 e. The van der Waals surface area contributed by atoms with E-state index in [1.807, 2.05) is 0 Å². The van der Waals surface area contributed by atoms with Crippen molar-refractivity contribution in [2.45, 2.75) is 33.1 Å². The minimum atomic E-state index is 0.574. The van der Waals surface area contributed by atoms with Crippen molar-refractivity contribution in [3.05, 3.63) is 11.1 Å². The van der Waals surface area contributed by atoms with Crippen LogP contribution in [0, 0.1) is 17.2 Å². The fourth-order valence-corrected chi connectivity index (χ4v) is 1.52. The third-order valence-corrected chi connectivity index (χ3v) is 2.49. The van der Waals surface area contributed by atoms with Crippen LogP contribution in [-0.2, 0) is 0 Å². The van der Waals surface area contributed by atoms with Crippen LogP contribution in [0.2, 0.25) is 0 Å². The van der Waals surface area contributed by atoms with Crippen LogP contribution in [0.15, 0.2) is 11.1 Å². The fourth-order valence-electron chi connectivity index (χ4n) is 1.52. The molecule has 0 N–H and O–H groups in total. The molecule has 0 aromatic carbocycles. The van der Waals surface area contributed by atoms with E-state index >= 15 is 0 Å². The Morgan fingerprint density at radius 1 is 1.60 bits per heavy atom. The van der Waals surface area contributed by atoms with E-state index in [0.717, 1.165) is 0 Å². The second-order valence-corrected chi connectivity index (χ2v) is 3.06. The van der Waals surface area contributed by atoms with Gasteiger partial charge in [0.1, 0.15) is 0 Å². The molecule has 1 heteroatoms. The fraction of sp³-hybridized carbons (Fsp3) is 0.667. The highest BCUT2D eigenvalue weighted by Gasteiger charge is 2.18. The van der Waals surface area contributed by atoms with E-state index in [4.69, 9.17) is 5.26 Å². The second kappa shape index (κ2) is 2.88. The van der Waals surface area contributed by atoms with Crippen molar-refractivity contribution in [3.63, 3.8) is 0 Å². The Kier molecular flexibility index (Phi) is 2.11. The first-order chi connectivity index (χ1) is 4.75. The van der Waals surface area contributed by atoms with Gasteiger partial charge < -0.3 is 0 Å². The van der Waals surface area contributed by atoms with Crippen LogP contribution in [0.25, 0.3) is 0 Å². The summed E-state index contributed by atoms with van der Waals surface area (Å²) in [6, 6.07) is 2.23. The summed E-state index contributed by atoms with van der Waals surface area (Å²) in [5, 5.41) is 8.46. The predicted octanol–water partition coefficient (Wildman–Crippen LogP) is 2.65. The van der Waals surface area contributed by atoms with E-state index in [1.165, 1.54) is 24.0 Å². The van der Waals surface area contributed by atoms with Crippen LogP contribution >= 0.6 is 0 Å². The topological polar surface area (TPSA) is 23.8 Å². The number of nitrogens with zero attached hydrogens (tertiary/aromatic N) is 1. The maximum Gasteiger partial charge on any atom is 0.0628 e. The van der Waals surface area contributed by atoms with Crippen molar-refractivity contribution in [2.24, 2.45) is 5.92 Å². The van der Waals surface area contributed by atoms with E-state index in [-0.39, 0.29) is 0 Å². The first kappa shape index (κ1) is 7.34. The van der Waals surface area contributed by atoms with E-state index in [9.17, 15) is 0 Å². The minimum Gasteiger partial charge on any atom is -0.198 e. The highest BCUT2D eigenvalue weighted by molar-refractivity contribution is 5.19. The lowest BCUT2D eigenvalue weighted by atomic mass is 9.99. The van der Waals surface area contributed by atoms with E-state index in [1.54, 1.807) is 0 Å². The molecule has 0 radical (unpaired) electrons. The average Bonchev–Trinajstić information content (AvgIpc) is 2.20. The number of rotatable bonds is 1. The van der Waals surface area contributed by atoms with Crippen LogP contribution in [0.3, 0.4) is 0 Å². The molecule has 1 aliphatic rings. The Bertz CT molecular complexity index is 195. The number of nitriles is 1. The Hall–Kier alpha value is -0.770. The van der Waals surface area contributed by atoms with Gasteiger partial charge in [-0.25, -0.2) is 0 Å². The first-order valence-corrected chi connectivity index (χ1v) is 3.79. The van der Waals surface area contributed by atoms with Gasteiger partial charge in [-0.3, -0.25) is 0 Å². The lowest BCUT2D eigenvalue weighted by molar-refractivity contribution is 0.620. The van der Waals surface area contributed by atoms with Crippen molar-refractivity contribution < 1.29 is 0 Å². The standard InChI is InChI=1S/C9H13N/c1-7-3-4-9(5-6-10)8(7)2/h9H,3-5H2,1-2H3. The molecule has 0 aromatic heterocycles. The maximum absolute atomic E-state index is 8.46. The molecule has 0 aromatic rings. The summed E-state index contributed by atoms with van der Waals surface area (Å²) < 4.78 is 0. The highest BCUT2D eigenvalue weighted by Crippen LogP contribution is 2.32. The average molecular weight is 135 g/mol. The summed E-state index contributed by atoms with van der Waals surface area (Å²) in [6.45, 7) is 4.33. The quantitative estimate of drug-likeness (QED) is 0.507. The second-order valence-electron chi connectivity index (χ2n) is 3.06. The summed E-state index contributed by atoms with van der Waals surface area (Å²) in [5.74, 6) is 0.574. The molecule has 0 bridgehead atoms. The van der Waals surface area contributed by atoms with Crippen LogP contribution < -0.4 is 0 Å². The Morgan fingerprint density at radius 2 is 2.30 bits per heavy atom. The minimum absolute atomic E-state index is 0.574. The molecule has 1 unspecified atom stereocenters. The van der Waals surface area contributed by atoms with Gasteiger partial charge in [-0.2, -0.15) is 5.26 Å². The molecule has 54 valence electrons. The van der Waals surface area contributed by atoms with E-state index in [0.29, 0.717) is 12.3 Å². The van der Waals surface area contributed by atoms with Gasteiger partial charge in [-0.1, -0.05) is 11.1 Å². The summed E-state index contributed by atoms with van der Waals surface area (Å²) in [4.78, 5) is 0. The lowest BCUT2D eigenvalue weighted by Crippen LogP contribution is -1.93. The maximum atomic E-state index is 8.46. The molecule has 0 spiro atoms. The van der Waals surface area contributed by atoms with Gasteiger partial charge in [0.25, 0.3) is 0 Å². The van der Waals surface area contributed by atoms with Crippen molar-refractivity contribution in [1.29, 1.82) is 5.26 Å². The van der Waals surface area contributed by atoms with E-state index < -0.39 is 0 Å². The Balaban J connectivity index is 2.61. The zero-order chi connectivity index (χ0) is 7.56. The number of hydrogen-bond donors (Lipinski definition) is 0. The van der Waals surface area contributed by atoms with Gasteiger partial charge in [0.2, 0.25) is 0 Å². The summed E-state index contributed by atoms with van der Waals surface area (Å²) in [5.41, 5.74) is 2.96. The summed E-state index contributed by atoms with van der Waals surface area (Å²) in [6.07, 6.45) is 3.12. The monoisotopic (exact) mass is 135 g/mol. The van der Waals surface area contributed by atoms with Crippen molar-refractivity contribution >= 4 is 0 Å². The molecule has 0 aliphatic heterocycles. The van der Waals surface area contributed by atoms with E-state index in [2.05, 4.69) is 19.9 Å². The lowest BCUT2D eigenvalue weighted by Gasteiger charge is -2.04. The highest BCUT2D eigenvalue weighted by atomic mass is 14.3. The van der Waals surface area contributed by atoms with Crippen LogP contribution in [-0.4, -0.2) is 0 Å². The first-order valence-electron chi connectivity index (χ1n) is 3.79. The number of allylic oxidation sites excluding steroid dienone is 2. The molecular formula is C9H13N. The van der Waals surface area contributed by atoms with Crippen LogP contribution in [0.1, 0.15) is 33.1 Å². The molecule has 1 nitrogen and oxygen atoms in total. The molecule has 0 saturated carbocycles. The van der Waals surface area contributed by atoms with Gasteiger partial charge in [0, 0.05) is 6.42 Å². The molecule has 0 fully saturated rings. The van der Waals surface area contributed by atoms with Crippen LogP contribution in [0.4, 0.5) is 0 Å². The third-order valence-electron chi connectivity index (χ3n) is 2.49. The molecule has 0 saturated heterocycles. The van der Waals surface area contributed by atoms with Gasteiger partial charge in [-0.15, -0.1) is 0 Å². The van der Waals surface area contributed by atoms with Gasteiger partial charge in [0.15, 0.2) is 0 Å². The van der Waals surface area contributed by atoms with Crippen molar-refractivity contribution in [2.75, 3.05) is 0 Å².